The maximum absolute atomic E-state index is 9.81. The number of nitrogens with two attached hydrogens (primary N) is 1. The summed E-state index contributed by atoms with van der Waals surface area (Å²) in [6.45, 7) is 2.36. The quantitative estimate of drug-likeness (QED) is 0.211. The second kappa shape index (κ2) is 7.61. The normalized spacial score (nSPS) is 6.60. The molecule has 3 N–H and O–H groups in total. The van der Waals surface area contributed by atoms with E-state index in [1.165, 1.54) is 13.8 Å². The number of ether oxygens (including phenoxy) is 1. The van der Waals surface area contributed by atoms with Gasteiger partial charge in [-0.2, -0.15) is 0 Å². The molecule has 58 valence electrons. The Morgan fingerprint density at radius 1 is 1.40 bits per heavy atom. The Bertz CT molecular complexity index is 121. The highest BCUT2D eigenvalue weighted by Gasteiger charge is 1.93. The Hall–Kier alpha value is -1.39. The van der Waals surface area contributed by atoms with Crippen molar-refractivity contribution < 1.29 is 14.3 Å². The molecule has 0 aromatic carbocycles. The van der Waals surface area contributed by atoms with Crippen LogP contribution in [0.2, 0.25) is 0 Å². The summed E-state index contributed by atoms with van der Waals surface area (Å²) in [5.41, 5.74) is 4.39. The average molecular weight is 146 g/mol. The monoisotopic (exact) mass is 146 g/mol. The van der Waals surface area contributed by atoms with E-state index in [-0.39, 0.29) is 0 Å². The summed E-state index contributed by atoms with van der Waals surface area (Å²) in [6, 6.07) is 0. The van der Waals surface area contributed by atoms with Crippen molar-refractivity contribution in [1.29, 1.82) is 5.41 Å². The average Bonchev–Trinajstić information content (AvgIpc) is 1.62. The van der Waals surface area contributed by atoms with Crippen LogP contribution in [-0.2, 0) is 14.3 Å². The van der Waals surface area contributed by atoms with Crippen molar-refractivity contribution in [3.63, 3.8) is 0 Å². The number of hydrogen-bond donors (Lipinski definition) is 2. The third kappa shape index (κ3) is 30.5. The fraction of sp³-hybridized carbons (Fsp3) is 0.400. The van der Waals surface area contributed by atoms with E-state index in [2.05, 4.69) is 10.5 Å². The maximum Gasteiger partial charge on any atom is 0.310 e. The summed E-state index contributed by atoms with van der Waals surface area (Å²) >= 11 is 0. The molecule has 0 amide bonds. The van der Waals surface area contributed by atoms with Crippen LogP contribution in [0.25, 0.3) is 0 Å². The van der Waals surface area contributed by atoms with Gasteiger partial charge in [-0.15, -0.1) is 0 Å². The maximum atomic E-state index is 9.81. The second-order valence-electron chi connectivity index (χ2n) is 1.25. The molecule has 0 rings (SSSR count). The minimum Gasteiger partial charge on any atom is -0.394 e. The number of esters is 2. The van der Waals surface area contributed by atoms with Crippen LogP contribution in [0.1, 0.15) is 13.8 Å². The lowest BCUT2D eigenvalue weighted by Gasteiger charge is -1.87. The van der Waals surface area contributed by atoms with Crippen molar-refractivity contribution in [2.75, 3.05) is 0 Å². The summed E-state index contributed by atoms with van der Waals surface area (Å²) in [6.07, 6.45) is 0.750. The van der Waals surface area contributed by atoms with Gasteiger partial charge in [0.2, 0.25) is 0 Å². The third-order valence-corrected chi connectivity index (χ3v) is 0.287. The SMILES string of the molecule is CC(=O)OC(C)=O.N=CN. The van der Waals surface area contributed by atoms with E-state index in [4.69, 9.17) is 5.41 Å². The summed E-state index contributed by atoms with van der Waals surface area (Å²) in [7, 11) is 0. The fourth-order valence-corrected chi connectivity index (χ4v) is 0.202. The minimum atomic E-state index is -0.562. The van der Waals surface area contributed by atoms with Crippen LogP contribution in [0.5, 0.6) is 0 Å². The highest BCUT2D eigenvalue weighted by atomic mass is 16.6. The van der Waals surface area contributed by atoms with Gasteiger partial charge in [-0.1, -0.05) is 0 Å². The highest BCUT2D eigenvalue weighted by Crippen LogP contribution is 1.73. The summed E-state index contributed by atoms with van der Waals surface area (Å²) in [5.74, 6) is -1.12. The second-order valence-corrected chi connectivity index (χ2v) is 1.25. The van der Waals surface area contributed by atoms with Gasteiger partial charge in [0.25, 0.3) is 0 Å². The molecule has 0 atom stereocenters. The summed E-state index contributed by atoms with van der Waals surface area (Å²) < 4.78 is 3.97. The third-order valence-electron chi connectivity index (χ3n) is 0.287. The van der Waals surface area contributed by atoms with Crippen molar-refractivity contribution >= 4 is 18.3 Å². The molecule has 5 heteroatoms. The number of carbonyl (C=O) groups is 2. The molecule has 0 radical (unpaired) electrons. The zero-order chi connectivity index (χ0) is 8.57. The largest absolute Gasteiger partial charge is 0.394 e. The first-order chi connectivity index (χ1) is 4.54. The van der Waals surface area contributed by atoms with Gasteiger partial charge in [0, 0.05) is 13.8 Å². The molecule has 0 aliphatic rings. The molecule has 0 saturated heterocycles. The first-order valence-electron chi connectivity index (χ1n) is 2.44. The van der Waals surface area contributed by atoms with E-state index in [0.29, 0.717) is 0 Å². The van der Waals surface area contributed by atoms with Crippen molar-refractivity contribution in [3.8, 4) is 0 Å². The van der Waals surface area contributed by atoms with Crippen molar-refractivity contribution in [2.45, 2.75) is 13.8 Å². The highest BCUT2D eigenvalue weighted by molar-refractivity contribution is 5.82. The molecule has 0 fully saturated rings. The molecule has 0 saturated carbocycles. The molecule has 0 unspecified atom stereocenters. The van der Waals surface area contributed by atoms with E-state index in [1.807, 2.05) is 0 Å². The van der Waals surface area contributed by atoms with Gasteiger partial charge in [-0.25, -0.2) is 0 Å². The lowest BCUT2D eigenvalue weighted by atomic mass is 10.7. The van der Waals surface area contributed by atoms with Gasteiger partial charge in [-0.05, 0) is 0 Å². The van der Waals surface area contributed by atoms with Crippen LogP contribution in [0.3, 0.4) is 0 Å². The molecule has 0 heterocycles. The Labute approximate surface area is 58.7 Å². The smallest absolute Gasteiger partial charge is 0.310 e. The lowest BCUT2D eigenvalue weighted by Crippen LogP contribution is -2.03. The molecule has 10 heavy (non-hydrogen) atoms. The van der Waals surface area contributed by atoms with Gasteiger partial charge in [-0.3, -0.25) is 15.0 Å². The van der Waals surface area contributed by atoms with E-state index in [1.54, 1.807) is 0 Å². The van der Waals surface area contributed by atoms with E-state index < -0.39 is 11.9 Å². The van der Waals surface area contributed by atoms with Crippen LogP contribution in [0, 0.1) is 5.41 Å². The van der Waals surface area contributed by atoms with Gasteiger partial charge in [0.05, 0.1) is 6.34 Å². The van der Waals surface area contributed by atoms with Crippen LogP contribution in [0.4, 0.5) is 0 Å². The molecule has 0 aliphatic heterocycles. The van der Waals surface area contributed by atoms with Gasteiger partial charge in [0.15, 0.2) is 0 Å². The molecular formula is C5H10N2O3. The zero-order valence-electron chi connectivity index (χ0n) is 5.88. The zero-order valence-corrected chi connectivity index (χ0v) is 5.88. The number of nitrogens with one attached hydrogen (secondary N) is 1. The Balaban J connectivity index is 0. The van der Waals surface area contributed by atoms with Gasteiger partial charge in [0.1, 0.15) is 0 Å². The Morgan fingerprint density at radius 3 is 1.60 bits per heavy atom. The molecule has 0 aliphatic carbocycles. The summed E-state index contributed by atoms with van der Waals surface area (Å²) in [4.78, 5) is 19.6. The fourth-order valence-electron chi connectivity index (χ4n) is 0.202. The van der Waals surface area contributed by atoms with Crippen molar-refractivity contribution in [1.82, 2.24) is 0 Å². The van der Waals surface area contributed by atoms with Crippen LogP contribution in [-0.4, -0.2) is 18.3 Å². The molecule has 0 aromatic rings. The predicted molar refractivity (Wildman–Crippen MR) is 35.4 cm³/mol. The predicted octanol–water partition coefficient (Wildman–Crippen LogP) is -0.352. The minimum absolute atomic E-state index is 0.562. The first-order valence-corrected chi connectivity index (χ1v) is 2.44. The topological polar surface area (TPSA) is 93.2 Å². The van der Waals surface area contributed by atoms with E-state index in [9.17, 15) is 9.59 Å². The van der Waals surface area contributed by atoms with E-state index >= 15 is 0 Å². The van der Waals surface area contributed by atoms with E-state index in [0.717, 1.165) is 6.34 Å². The van der Waals surface area contributed by atoms with Gasteiger partial charge < -0.3 is 10.5 Å². The number of rotatable bonds is 0. The van der Waals surface area contributed by atoms with Crippen LogP contribution < -0.4 is 5.73 Å². The molecular weight excluding hydrogens is 136 g/mol. The Morgan fingerprint density at radius 2 is 1.60 bits per heavy atom. The van der Waals surface area contributed by atoms with Crippen LogP contribution in [0.15, 0.2) is 0 Å². The van der Waals surface area contributed by atoms with Crippen LogP contribution >= 0.6 is 0 Å². The van der Waals surface area contributed by atoms with Crippen molar-refractivity contribution in [2.24, 2.45) is 5.73 Å². The molecule has 0 spiro atoms. The lowest BCUT2D eigenvalue weighted by molar-refractivity contribution is -0.156. The molecule has 5 nitrogen and oxygen atoms in total. The molecule has 0 bridgehead atoms. The van der Waals surface area contributed by atoms with Crippen molar-refractivity contribution in [3.05, 3.63) is 0 Å². The molecule has 0 aromatic heterocycles. The summed E-state index contributed by atoms with van der Waals surface area (Å²) in [5, 5.41) is 5.86. The first kappa shape index (κ1) is 11.4. The standard InChI is InChI=1S/C4H6O3.CH4N2/c1-3(5)7-4(2)6;2-1-3/h1-2H3;1H,(H3,2,3). The van der Waals surface area contributed by atoms with Gasteiger partial charge >= 0.3 is 11.9 Å². The number of carbonyl (C=O) groups excluding carboxylic acids is 2. The number of hydrogen-bond acceptors (Lipinski definition) is 4. The Kier molecular flexibility index (Phi) is 8.68.